The fourth-order valence-corrected chi connectivity index (χ4v) is 4.04. The van der Waals surface area contributed by atoms with E-state index in [4.69, 9.17) is 0 Å². The molecule has 5 nitrogen and oxygen atoms in total. The van der Waals surface area contributed by atoms with E-state index in [0.717, 1.165) is 19.3 Å². The highest BCUT2D eigenvalue weighted by atomic mass is 19.4. The smallest absolute Gasteiger partial charge is 0.396 e. The summed E-state index contributed by atoms with van der Waals surface area (Å²) < 4.78 is 36.5. The Morgan fingerprint density at radius 2 is 2.00 bits per heavy atom. The second kappa shape index (κ2) is 7.70. The molecule has 4 unspecified atom stereocenters. The van der Waals surface area contributed by atoms with Crippen molar-refractivity contribution < 1.29 is 23.1 Å². The van der Waals surface area contributed by atoms with Gasteiger partial charge in [0.1, 0.15) is 0 Å². The van der Waals surface area contributed by atoms with Gasteiger partial charge in [-0.3, -0.25) is 4.90 Å². The van der Waals surface area contributed by atoms with Gasteiger partial charge < -0.3 is 15.7 Å². The van der Waals surface area contributed by atoms with Crippen molar-refractivity contribution in [2.75, 3.05) is 33.3 Å². The van der Waals surface area contributed by atoms with Crippen molar-refractivity contribution in [3.63, 3.8) is 0 Å². The largest absolute Gasteiger partial charge is 0.401 e. The average molecular weight is 337 g/mol. The van der Waals surface area contributed by atoms with E-state index in [1.807, 2.05) is 0 Å². The number of rotatable bonds is 7. The molecule has 0 aliphatic heterocycles. The number of amides is 2. The van der Waals surface area contributed by atoms with Crippen molar-refractivity contribution in [2.24, 2.45) is 17.8 Å². The third-order valence-electron chi connectivity index (χ3n) is 5.05. The third-order valence-corrected chi connectivity index (χ3v) is 5.05. The molecule has 134 valence electrons. The van der Waals surface area contributed by atoms with Crippen molar-refractivity contribution in [1.82, 2.24) is 15.5 Å². The summed E-state index contributed by atoms with van der Waals surface area (Å²) in [4.78, 5) is 13.1. The Kier molecular flexibility index (Phi) is 6.13. The maximum absolute atomic E-state index is 12.2. The maximum Gasteiger partial charge on any atom is 0.401 e. The lowest BCUT2D eigenvalue weighted by atomic mass is 9.85. The minimum absolute atomic E-state index is 0.0200. The molecule has 23 heavy (non-hydrogen) atoms. The van der Waals surface area contributed by atoms with Crippen LogP contribution >= 0.6 is 0 Å². The molecule has 0 aromatic rings. The predicted molar refractivity (Wildman–Crippen MR) is 79.9 cm³/mol. The van der Waals surface area contributed by atoms with Crippen LogP contribution in [0.1, 0.15) is 25.7 Å². The minimum atomic E-state index is -4.19. The van der Waals surface area contributed by atoms with E-state index in [-0.39, 0.29) is 31.1 Å². The van der Waals surface area contributed by atoms with Crippen molar-refractivity contribution >= 4 is 6.03 Å². The molecule has 0 saturated heterocycles. The zero-order chi connectivity index (χ0) is 17.0. The molecule has 0 aromatic heterocycles. The highest BCUT2D eigenvalue weighted by Gasteiger charge is 2.47. The van der Waals surface area contributed by atoms with Gasteiger partial charge in [0, 0.05) is 25.1 Å². The van der Waals surface area contributed by atoms with Crippen LogP contribution in [0, 0.1) is 17.8 Å². The van der Waals surface area contributed by atoms with Gasteiger partial charge in [0.2, 0.25) is 0 Å². The molecule has 2 fully saturated rings. The quantitative estimate of drug-likeness (QED) is 0.618. The first-order valence-corrected chi connectivity index (χ1v) is 8.20. The first kappa shape index (κ1) is 18.3. The second-order valence-electron chi connectivity index (χ2n) is 6.81. The summed E-state index contributed by atoms with van der Waals surface area (Å²) in [6, 6.07) is -0.272. The van der Waals surface area contributed by atoms with E-state index in [1.54, 1.807) is 0 Å². The number of nitrogens with zero attached hydrogens (tertiary/aromatic N) is 1. The fraction of sp³-hybridized carbons (Fsp3) is 0.933. The number of urea groups is 1. The highest BCUT2D eigenvalue weighted by molar-refractivity contribution is 5.74. The molecule has 8 heteroatoms. The Balaban J connectivity index is 1.62. The van der Waals surface area contributed by atoms with E-state index in [9.17, 15) is 23.1 Å². The lowest BCUT2D eigenvalue weighted by Crippen LogP contribution is -2.49. The van der Waals surface area contributed by atoms with Crippen molar-refractivity contribution in [3.05, 3.63) is 0 Å². The van der Waals surface area contributed by atoms with E-state index < -0.39 is 12.7 Å². The summed E-state index contributed by atoms with van der Waals surface area (Å²) in [5.41, 5.74) is 0. The number of halogens is 3. The van der Waals surface area contributed by atoms with Gasteiger partial charge in [-0.15, -0.1) is 0 Å². The maximum atomic E-state index is 12.2. The van der Waals surface area contributed by atoms with Crippen LogP contribution in [0.2, 0.25) is 0 Å². The number of nitrogens with one attached hydrogen (secondary N) is 2. The fourth-order valence-electron chi connectivity index (χ4n) is 4.04. The molecule has 2 rings (SSSR count). The Hall–Kier alpha value is -1.02. The predicted octanol–water partition coefficient (Wildman–Crippen LogP) is 1.58. The summed E-state index contributed by atoms with van der Waals surface area (Å²) in [6.07, 6.45) is -0.450. The van der Waals surface area contributed by atoms with Gasteiger partial charge in [-0.1, -0.05) is 0 Å². The van der Waals surface area contributed by atoms with Crippen LogP contribution < -0.4 is 10.6 Å². The van der Waals surface area contributed by atoms with Gasteiger partial charge in [0.15, 0.2) is 0 Å². The van der Waals surface area contributed by atoms with Crippen molar-refractivity contribution in [1.29, 1.82) is 0 Å². The van der Waals surface area contributed by atoms with E-state index >= 15 is 0 Å². The highest BCUT2D eigenvalue weighted by Crippen LogP contribution is 2.48. The van der Waals surface area contributed by atoms with Gasteiger partial charge >= 0.3 is 12.2 Å². The van der Waals surface area contributed by atoms with Gasteiger partial charge in [-0.05, 0) is 51.1 Å². The molecule has 2 saturated carbocycles. The first-order chi connectivity index (χ1) is 10.8. The van der Waals surface area contributed by atoms with E-state index in [2.05, 4.69) is 10.6 Å². The molecule has 2 amide bonds. The molecule has 2 aliphatic rings. The van der Waals surface area contributed by atoms with Gasteiger partial charge in [-0.2, -0.15) is 13.2 Å². The summed E-state index contributed by atoms with van der Waals surface area (Å²) in [5, 5.41) is 15.1. The van der Waals surface area contributed by atoms with Crippen LogP contribution in [0.25, 0.3) is 0 Å². The van der Waals surface area contributed by atoms with Gasteiger partial charge in [-0.25, -0.2) is 4.79 Å². The van der Waals surface area contributed by atoms with Crippen LogP contribution in [-0.2, 0) is 0 Å². The number of alkyl halides is 3. The molecule has 2 aliphatic carbocycles. The zero-order valence-electron chi connectivity index (χ0n) is 13.4. The second-order valence-corrected chi connectivity index (χ2v) is 6.81. The number of carbonyl (C=O) groups excluding carboxylic acids is 1. The standard InChI is InChI=1S/C15H26F3N3O2/c1-21(9-15(16,17)18)6-2-5-19-14(23)20-13-11-4-3-10(7-11)12(13)8-22/h10-13,22H,2-9H2,1H3,(H2,19,20,23). The van der Waals surface area contributed by atoms with E-state index in [1.165, 1.54) is 11.9 Å². The lowest BCUT2D eigenvalue weighted by molar-refractivity contribution is -0.143. The molecule has 4 atom stereocenters. The Bertz CT molecular complexity index is 406. The number of hydrogen-bond acceptors (Lipinski definition) is 3. The third kappa shape index (κ3) is 5.24. The number of hydrogen-bond donors (Lipinski definition) is 3. The van der Waals surface area contributed by atoms with Crippen molar-refractivity contribution in [2.45, 2.75) is 37.9 Å². The van der Waals surface area contributed by atoms with Crippen LogP contribution in [-0.4, -0.2) is 61.5 Å². The Morgan fingerprint density at radius 3 is 2.65 bits per heavy atom. The molecule has 0 heterocycles. The number of aliphatic hydroxyl groups excluding tert-OH is 1. The van der Waals surface area contributed by atoms with Crippen LogP contribution in [0.3, 0.4) is 0 Å². The number of aliphatic hydroxyl groups is 1. The van der Waals surface area contributed by atoms with Crippen molar-refractivity contribution in [3.8, 4) is 0 Å². The molecule has 0 radical (unpaired) electrons. The number of carbonyl (C=O) groups is 1. The molecular weight excluding hydrogens is 311 g/mol. The minimum Gasteiger partial charge on any atom is -0.396 e. The normalized spacial score (nSPS) is 30.0. The number of fused-ring (bicyclic) bond motifs is 2. The van der Waals surface area contributed by atoms with Gasteiger partial charge in [0.25, 0.3) is 0 Å². The Morgan fingerprint density at radius 1 is 1.30 bits per heavy atom. The lowest BCUT2D eigenvalue weighted by Gasteiger charge is -2.30. The van der Waals surface area contributed by atoms with Gasteiger partial charge in [0.05, 0.1) is 6.54 Å². The van der Waals surface area contributed by atoms with Crippen LogP contribution in [0.15, 0.2) is 0 Å². The molecular formula is C15H26F3N3O2. The molecule has 0 aromatic carbocycles. The zero-order valence-corrected chi connectivity index (χ0v) is 13.4. The summed E-state index contributed by atoms with van der Waals surface area (Å²) in [5.74, 6) is 1.09. The van der Waals surface area contributed by atoms with Crippen LogP contribution in [0.4, 0.5) is 18.0 Å². The Labute approximate surface area is 134 Å². The monoisotopic (exact) mass is 337 g/mol. The average Bonchev–Trinajstić information content (AvgIpc) is 3.02. The summed E-state index contributed by atoms with van der Waals surface area (Å²) >= 11 is 0. The molecule has 0 spiro atoms. The van der Waals surface area contributed by atoms with Crippen LogP contribution in [0.5, 0.6) is 0 Å². The van der Waals surface area contributed by atoms with E-state index in [0.29, 0.717) is 24.8 Å². The first-order valence-electron chi connectivity index (χ1n) is 8.20. The summed E-state index contributed by atoms with van der Waals surface area (Å²) in [6.45, 7) is -0.247. The molecule has 3 N–H and O–H groups in total. The SMILES string of the molecule is CN(CCCNC(=O)NC1C2CCC(C2)C1CO)CC(F)(F)F. The molecule has 2 bridgehead atoms. The summed E-state index contributed by atoms with van der Waals surface area (Å²) in [7, 11) is 1.41. The topological polar surface area (TPSA) is 64.6 Å².